The Morgan fingerprint density at radius 3 is 2.84 bits per heavy atom. The van der Waals surface area contributed by atoms with Gasteiger partial charge in [0.1, 0.15) is 11.3 Å². The molecule has 0 spiro atoms. The lowest BCUT2D eigenvalue weighted by atomic mass is 10.1. The zero-order chi connectivity index (χ0) is 14.0. The minimum absolute atomic E-state index is 0.407. The van der Waals surface area contributed by atoms with E-state index in [1.165, 1.54) is 10.9 Å². The van der Waals surface area contributed by atoms with Gasteiger partial charge in [0.2, 0.25) is 0 Å². The number of pyridine rings is 1. The number of aliphatic hydroxyl groups is 1. The minimum atomic E-state index is -1.05. The summed E-state index contributed by atoms with van der Waals surface area (Å²) in [6, 6.07) is 3.32. The summed E-state index contributed by atoms with van der Waals surface area (Å²) in [5.41, 5.74) is 5.54. The molecule has 0 radical (unpaired) electrons. The molecule has 0 aromatic carbocycles. The normalized spacial score (nSPS) is 10.9. The van der Waals surface area contributed by atoms with Crippen molar-refractivity contribution in [2.24, 2.45) is 0 Å². The topological polar surface area (TPSA) is 77.0 Å². The van der Waals surface area contributed by atoms with Crippen LogP contribution in [0.2, 0.25) is 5.02 Å². The Bertz CT molecular complexity index is 661. The third-order valence-electron chi connectivity index (χ3n) is 2.15. The van der Waals surface area contributed by atoms with Gasteiger partial charge >= 0.3 is 0 Å². The van der Waals surface area contributed by atoms with Crippen LogP contribution in [0, 0.1) is 11.8 Å². The number of nitrogen functional groups attached to an aromatic ring is 1. The summed E-state index contributed by atoms with van der Waals surface area (Å²) < 4.78 is 1.51. The molecule has 0 fully saturated rings. The molecule has 2 aromatic rings. The molecule has 0 saturated heterocycles. The molecule has 19 heavy (non-hydrogen) atoms. The van der Waals surface area contributed by atoms with E-state index in [0.717, 1.165) is 0 Å². The van der Waals surface area contributed by atoms with Crippen LogP contribution < -0.4 is 5.73 Å². The van der Waals surface area contributed by atoms with Gasteiger partial charge in [0.05, 0.1) is 16.9 Å². The third kappa shape index (κ3) is 3.47. The van der Waals surface area contributed by atoms with Crippen molar-refractivity contribution in [3.8, 4) is 17.7 Å². The molecule has 2 aromatic heterocycles. The summed E-state index contributed by atoms with van der Waals surface area (Å²) in [6.45, 7) is 3.21. The van der Waals surface area contributed by atoms with Gasteiger partial charge in [-0.05, 0) is 31.9 Å². The molecule has 0 aliphatic heterocycles. The van der Waals surface area contributed by atoms with Crippen LogP contribution in [0.3, 0.4) is 0 Å². The lowest BCUT2D eigenvalue weighted by Gasteiger charge is -2.05. The van der Waals surface area contributed by atoms with Crippen LogP contribution >= 0.6 is 11.6 Å². The van der Waals surface area contributed by atoms with E-state index >= 15 is 0 Å². The number of nitrogens with two attached hydrogens (primary N) is 1. The van der Waals surface area contributed by atoms with E-state index in [-0.39, 0.29) is 0 Å². The Morgan fingerprint density at radius 2 is 2.21 bits per heavy atom. The molecule has 0 saturated carbocycles. The summed E-state index contributed by atoms with van der Waals surface area (Å²) in [5, 5.41) is 14.1. The van der Waals surface area contributed by atoms with E-state index in [0.29, 0.717) is 22.2 Å². The molecule has 3 N–H and O–H groups in total. The van der Waals surface area contributed by atoms with Gasteiger partial charge in [0.15, 0.2) is 5.82 Å². The van der Waals surface area contributed by atoms with Crippen molar-refractivity contribution >= 4 is 17.3 Å². The third-order valence-corrected chi connectivity index (χ3v) is 2.42. The van der Waals surface area contributed by atoms with Gasteiger partial charge in [0, 0.05) is 6.20 Å². The Balaban J connectivity index is 2.33. The standard InChI is InChI=1S/C13H13ClN4O/c1-13(2,19)5-3-10-4-6-18(17-10)12-11(14)7-9(15)8-16-12/h4,6-8,19H,15H2,1-2H3. The molecule has 0 aliphatic carbocycles. The Labute approximate surface area is 116 Å². The highest BCUT2D eigenvalue weighted by atomic mass is 35.5. The van der Waals surface area contributed by atoms with Gasteiger partial charge in [-0.15, -0.1) is 0 Å². The zero-order valence-corrected chi connectivity index (χ0v) is 11.3. The van der Waals surface area contributed by atoms with Crippen molar-refractivity contribution < 1.29 is 5.11 Å². The molecule has 98 valence electrons. The molecule has 0 atom stereocenters. The van der Waals surface area contributed by atoms with Crippen LogP contribution in [-0.4, -0.2) is 25.5 Å². The van der Waals surface area contributed by atoms with Gasteiger partial charge in [-0.1, -0.05) is 17.5 Å². The number of rotatable bonds is 1. The summed E-state index contributed by atoms with van der Waals surface area (Å²) in [4.78, 5) is 4.12. The number of halogens is 1. The van der Waals surface area contributed by atoms with Gasteiger partial charge < -0.3 is 10.8 Å². The molecular weight excluding hydrogens is 264 g/mol. The fourth-order valence-corrected chi connectivity index (χ4v) is 1.60. The molecule has 0 unspecified atom stereocenters. The highest BCUT2D eigenvalue weighted by molar-refractivity contribution is 6.32. The molecule has 0 amide bonds. The maximum Gasteiger partial charge on any atom is 0.172 e. The Morgan fingerprint density at radius 1 is 1.47 bits per heavy atom. The van der Waals surface area contributed by atoms with E-state index in [4.69, 9.17) is 17.3 Å². The first kappa shape index (κ1) is 13.4. The van der Waals surface area contributed by atoms with Crippen molar-refractivity contribution in [2.45, 2.75) is 19.4 Å². The molecule has 2 heterocycles. The largest absolute Gasteiger partial charge is 0.397 e. The average Bonchev–Trinajstić information content (AvgIpc) is 2.74. The average molecular weight is 277 g/mol. The maximum absolute atomic E-state index is 9.52. The SMILES string of the molecule is CC(C)(O)C#Cc1ccn(-c2ncc(N)cc2Cl)n1. The highest BCUT2D eigenvalue weighted by Gasteiger charge is 2.08. The molecular formula is C13H13ClN4O. The quantitative estimate of drug-likeness (QED) is 0.776. The fourth-order valence-electron chi connectivity index (χ4n) is 1.34. The summed E-state index contributed by atoms with van der Waals surface area (Å²) in [6.07, 6.45) is 3.20. The summed E-state index contributed by atoms with van der Waals surface area (Å²) >= 11 is 6.04. The molecule has 5 nitrogen and oxygen atoms in total. The second-order valence-corrected chi connectivity index (χ2v) is 4.94. The van der Waals surface area contributed by atoms with Crippen molar-refractivity contribution in [3.63, 3.8) is 0 Å². The van der Waals surface area contributed by atoms with Gasteiger partial charge in [-0.2, -0.15) is 5.10 Å². The predicted molar refractivity (Wildman–Crippen MR) is 74.0 cm³/mol. The van der Waals surface area contributed by atoms with E-state index in [2.05, 4.69) is 21.9 Å². The number of hydrogen-bond donors (Lipinski definition) is 2. The first-order valence-corrected chi connectivity index (χ1v) is 5.95. The number of nitrogens with zero attached hydrogens (tertiary/aromatic N) is 3. The van der Waals surface area contributed by atoms with Crippen LogP contribution in [0.5, 0.6) is 0 Å². The molecule has 0 bridgehead atoms. The van der Waals surface area contributed by atoms with E-state index in [1.807, 2.05) is 0 Å². The smallest absolute Gasteiger partial charge is 0.172 e. The van der Waals surface area contributed by atoms with Gasteiger partial charge in [0.25, 0.3) is 0 Å². The van der Waals surface area contributed by atoms with Crippen LogP contribution in [0.25, 0.3) is 5.82 Å². The maximum atomic E-state index is 9.52. The van der Waals surface area contributed by atoms with E-state index < -0.39 is 5.60 Å². The van der Waals surface area contributed by atoms with Gasteiger partial charge in [-0.3, -0.25) is 0 Å². The summed E-state index contributed by atoms with van der Waals surface area (Å²) in [5.74, 6) is 5.94. The Kier molecular flexibility index (Phi) is 3.47. The first-order chi connectivity index (χ1) is 8.85. The monoisotopic (exact) mass is 276 g/mol. The van der Waals surface area contributed by atoms with Crippen LogP contribution in [0.1, 0.15) is 19.5 Å². The van der Waals surface area contributed by atoms with Crippen molar-refractivity contribution in [3.05, 3.63) is 35.2 Å². The second-order valence-electron chi connectivity index (χ2n) is 4.53. The molecule has 2 rings (SSSR count). The second kappa shape index (κ2) is 4.92. The zero-order valence-electron chi connectivity index (χ0n) is 10.6. The van der Waals surface area contributed by atoms with Crippen LogP contribution in [0.4, 0.5) is 5.69 Å². The molecule has 0 aliphatic rings. The lowest BCUT2D eigenvalue weighted by molar-refractivity contribution is 0.143. The molecule has 6 heteroatoms. The Hall–Kier alpha value is -2.03. The van der Waals surface area contributed by atoms with E-state index in [1.54, 1.807) is 32.2 Å². The van der Waals surface area contributed by atoms with Crippen molar-refractivity contribution in [1.82, 2.24) is 14.8 Å². The highest BCUT2D eigenvalue weighted by Crippen LogP contribution is 2.19. The number of aromatic nitrogens is 3. The summed E-state index contributed by atoms with van der Waals surface area (Å²) in [7, 11) is 0. The predicted octanol–water partition coefficient (Wildman–Crippen LogP) is 1.63. The van der Waals surface area contributed by atoms with E-state index in [9.17, 15) is 5.11 Å². The lowest BCUT2D eigenvalue weighted by Crippen LogP contribution is -2.14. The minimum Gasteiger partial charge on any atom is -0.397 e. The van der Waals surface area contributed by atoms with Crippen LogP contribution in [0.15, 0.2) is 24.5 Å². The van der Waals surface area contributed by atoms with Crippen molar-refractivity contribution in [1.29, 1.82) is 0 Å². The first-order valence-electron chi connectivity index (χ1n) is 5.58. The van der Waals surface area contributed by atoms with Crippen LogP contribution in [-0.2, 0) is 0 Å². The number of anilines is 1. The van der Waals surface area contributed by atoms with Crippen molar-refractivity contribution in [2.75, 3.05) is 5.73 Å². The number of hydrogen-bond acceptors (Lipinski definition) is 4. The fraction of sp³-hybridized carbons (Fsp3) is 0.231. The van der Waals surface area contributed by atoms with Gasteiger partial charge in [-0.25, -0.2) is 9.67 Å².